The molecule has 4 bridgehead atoms. The SMILES string of the molecule is CCCC(NC1C2CC3CC(C2)CC1C3)c1ccccc1. The number of hydrogen-bond donors (Lipinski definition) is 1. The van der Waals surface area contributed by atoms with Crippen LogP contribution < -0.4 is 5.32 Å². The summed E-state index contributed by atoms with van der Waals surface area (Å²) in [4.78, 5) is 0. The molecular weight excluding hydrogens is 254 g/mol. The Bertz CT molecular complexity index is 438. The molecule has 1 atom stereocenters. The van der Waals surface area contributed by atoms with Crippen LogP contribution in [-0.2, 0) is 0 Å². The third kappa shape index (κ3) is 2.65. The van der Waals surface area contributed by atoms with Gasteiger partial charge in [0.05, 0.1) is 0 Å². The highest BCUT2D eigenvalue weighted by Crippen LogP contribution is 2.54. The maximum Gasteiger partial charge on any atom is 0.0322 e. The van der Waals surface area contributed by atoms with E-state index in [1.165, 1.54) is 44.1 Å². The summed E-state index contributed by atoms with van der Waals surface area (Å²) < 4.78 is 0. The van der Waals surface area contributed by atoms with Crippen molar-refractivity contribution >= 4 is 0 Å². The summed E-state index contributed by atoms with van der Waals surface area (Å²) in [7, 11) is 0. The lowest BCUT2D eigenvalue weighted by molar-refractivity contribution is -0.0182. The molecule has 1 N–H and O–H groups in total. The molecule has 0 saturated heterocycles. The molecule has 1 heteroatoms. The number of nitrogens with one attached hydrogen (secondary N) is 1. The van der Waals surface area contributed by atoms with Gasteiger partial charge >= 0.3 is 0 Å². The van der Waals surface area contributed by atoms with Gasteiger partial charge in [-0.15, -0.1) is 0 Å². The van der Waals surface area contributed by atoms with Crippen molar-refractivity contribution in [3.8, 4) is 0 Å². The van der Waals surface area contributed by atoms with E-state index < -0.39 is 0 Å². The van der Waals surface area contributed by atoms with Gasteiger partial charge in [0.25, 0.3) is 0 Å². The van der Waals surface area contributed by atoms with Crippen molar-refractivity contribution in [3.05, 3.63) is 35.9 Å². The molecule has 5 rings (SSSR count). The molecule has 0 radical (unpaired) electrons. The Balaban J connectivity index is 1.50. The van der Waals surface area contributed by atoms with Gasteiger partial charge in [-0.05, 0) is 67.8 Å². The van der Waals surface area contributed by atoms with Crippen LogP contribution in [0.4, 0.5) is 0 Å². The van der Waals surface area contributed by atoms with E-state index in [9.17, 15) is 0 Å². The van der Waals surface area contributed by atoms with Crippen molar-refractivity contribution in [2.75, 3.05) is 0 Å². The van der Waals surface area contributed by atoms with Crippen LogP contribution in [0.3, 0.4) is 0 Å². The summed E-state index contributed by atoms with van der Waals surface area (Å²) in [5.41, 5.74) is 1.49. The van der Waals surface area contributed by atoms with Gasteiger partial charge in [-0.1, -0.05) is 43.7 Å². The molecule has 0 aliphatic heterocycles. The molecular formula is C20H29N. The van der Waals surface area contributed by atoms with Crippen LogP contribution in [-0.4, -0.2) is 6.04 Å². The zero-order chi connectivity index (χ0) is 14.2. The Morgan fingerprint density at radius 2 is 1.57 bits per heavy atom. The van der Waals surface area contributed by atoms with Crippen LogP contribution in [0.25, 0.3) is 0 Å². The van der Waals surface area contributed by atoms with E-state index in [2.05, 4.69) is 42.6 Å². The summed E-state index contributed by atoms with van der Waals surface area (Å²) in [6.45, 7) is 2.31. The van der Waals surface area contributed by atoms with Crippen LogP contribution in [0.15, 0.2) is 30.3 Å². The van der Waals surface area contributed by atoms with Crippen molar-refractivity contribution in [1.82, 2.24) is 5.32 Å². The van der Waals surface area contributed by atoms with E-state index in [-0.39, 0.29) is 0 Å². The maximum absolute atomic E-state index is 4.12. The molecule has 4 aliphatic rings. The Morgan fingerprint density at radius 1 is 0.952 bits per heavy atom. The van der Waals surface area contributed by atoms with Crippen molar-refractivity contribution in [2.24, 2.45) is 23.7 Å². The summed E-state index contributed by atoms with van der Waals surface area (Å²) in [6, 6.07) is 12.5. The van der Waals surface area contributed by atoms with Crippen LogP contribution in [0.5, 0.6) is 0 Å². The summed E-state index contributed by atoms with van der Waals surface area (Å²) >= 11 is 0. The van der Waals surface area contributed by atoms with Crippen molar-refractivity contribution in [1.29, 1.82) is 0 Å². The van der Waals surface area contributed by atoms with E-state index in [1.54, 1.807) is 6.42 Å². The lowest BCUT2D eigenvalue weighted by Crippen LogP contribution is -2.55. The highest BCUT2D eigenvalue weighted by atomic mass is 15.0. The van der Waals surface area contributed by atoms with Crippen molar-refractivity contribution in [2.45, 2.75) is 64.0 Å². The van der Waals surface area contributed by atoms with Gasteiger partial charge in [0.2, 0.25) is 0 Å². The molecule has 1 aromatic carbocycles. The zero-order valence-electron chi connectivity index (χ0n) is 13.3. The standard InChI is InChI=1S/C20H29N/c1-2-6-19(16-7-4-3-5-8-16)21-20-17-10-14-9-15(12-17)13-18(20)11-14/h3-5,7-8,14-15,17-21H,2,6,9-13H2,1H3. The number of hydrogen-bond acceptors (Lipinski definition) is 1. The summed E-state index contributed by atoms with van der Waals surface area (Å²) in [5, 5.41) is 4.12. The Labute approximate surface area is 129 Å². The van der Waals surface area contributed by atoms with Crippen molar-refractivity contribution < 1.29 is 0 Å². The molecule has 4 fully saturated rings. The van der Waals surface area contributed by atoms with Crippen LogP contribution in [0.1, 0.15) is 63.5 Å². The van der Waals surface area contributed by atoms with Gasteiger partial charge in [0.1, 0.15) is 0 Å². The molecule has 0 heterocycles. The van der Waals surface area contributed by atoms with Gasteiger partial charge in [-0.25, -0.2) is 0 Å². The third-order valence-electron chi connectivity index (χ3n) is 6.40. The second-order valence-corrected chi connectivity index (χ2v) is 7.88. The topological polar surface area (TPSA) is 12.0 Å². The minimum atomic E-state index is 0.568. The molecule has 21 heavy (non-hydrogen) atoms. The summed E-state index contributed by atoms with van der Waals surface area (Å²) in [5.74, 6) is 4.10. The Hall–Kier alpha value is -0.820. The first-order chi connectivity index (χ1) is 10.3. The fraction of sp³-hybridized carbons (Fsp3) is 0.700. The lowest BCUT2D eigenvalue weighted by Gasteiger charge is -2.55. The van der Waals surface area contributed by atoms with E-state index in [4.69, 9.17) is 0 Å². The number of rotatable bonds is 5. The van der Waals surface area contributed by atoms with E-state index in [0.29, 0.717) is 6.04 Å². The second-order valence-electron chi connectivity index (χ2n) is 7.88. The maximum atomic E-state index is 4.12. The van der Waals surface area contributed by atoms with Crippen molar-refractivity contribution in [3.63, 3.8) is 0 Å². The molecule has 4 aliphatic carbocycles. The molecule has 1 aromatic rings. The van der Waals surface area contributed by atoms with Crippen LogP contribution >= 0.6 is 0 Å². The molecule has 0 spiro atoms. The monoisotopic (exact) mass is 283 g/mol. The Morgan fingerprint density at radius 3 is 2.14 bits per heavy atom. The summed E-state index contributed by atoms with van der Waals surface area (Å²) in [6.07, 6.45) is 10.1. The quantitative estimate of drug-likeness (QED) is 0.807. The average molecular weight is 283 g/mol. The smallest absolute Gasteiger partial charge is 0.0322 e. The molecule has 4 saturated carbocycles. The average Bonchev–Trinajstić information content (AvgIpc) is 2.50. The van der Waals surface area contributed by atoms with Gasteiger partial charge in [0.15, 0.2) is 0 Å². The first-order valence-electron chi connectivity index (χ1n) is 9.14. The Kier molecular flexibility index (Phi) is 3.79. The lowest BCUT2D eigenvalue weighted by atomic mass is 9.54. The third-order valence-corrected chi connectivity index (χ3v) is 6.40. The van der Waals surface area contributed by atoms with Gasteiger partial charge in [0, 0.05) is 12.1 Å². The minimum Gasteiger partial charge on any atom is -0.307 e. The van der Waals surface area contributed by atoms with E-state index >= 15 is 0 Å². The highest BCUT2D eigenvalue weighted by Gasteiger charge is 2.48. The zero-order valence-corrected chi connectivity index (χ0v) is 13.3. The minimum absolute atomic E-state index is 0.568. The number of benzene rings is 1. The molecule has 1 nitrogen and oxygen atoms in total. The molecule has 0 amide bonds. The fourth-order valence-corrected chi connectivity index (χ4v) is 5.75. The van der Waals surface area contributed by atoms with Gasteiger partial charge in [-0.2, -0.15) is 0 Å². The first kappa shape index (κ1) is 13.8. The van der Waals surface area contributed by atoms with Crippen LogP contribution in [0, 0.1) is 23.7 Å². The predicted octanol–water partition coefficient (Wildman–Crippen LogP) is 4.94. The van der Waals surface area contributed by atoms with E-state index in [0.717, 1.165) is 29.7 Å². The van der Waals surface area contributed by atoms with Gasteiger partial charge < -0.3 is 5.32 Å². The van der Waals surface area contributed by atoms with E-state index in [1.807, 2.05) is 0 Å². The van der Waals surface area contributed by atoms with Crippen LogP contribution in [0.2, 0.25) is 0 Å². The largest absolute Gasteiger partial charge is 0.307 e. The highest BCUT2D eigenvalue weighted by molar-refractivity contribution is 5.19. The fourth-order valence-electron chi connectivity index (χ4n) is 5.75. The predicted molar refractivity (Wildman–Crippen MR) is 88.1 cm³/mol. The molecule has 1 unspecified atom stereocenters. The normalized spacial score (nSPS) is 38.6. The molecule has 0 aromatic heterocycles. The first-order valence-corrected chi connectivity index (χ1v) is 9.14. The molecule has 114 valence electrons. The van der Waals surface area contributed by atoms with Gasteiger partial charge in [-0.3, -0.25) is 0 Å². The second kappa shape index (κ2) is 5.76.